The number of nitrogens with one attached hydrogen (secondary N) is 2. The van der Waals surface area contributed by atoms with Crippen LogP contribution in [0.15, 0.2) is 54.0 Å². The number of urea groups is 1. The van der Waals surface area contributed by atoms with Crippen molar-refractivity contribution in [1.29, 1.82) is 0 Å². The minimum atomic E-state index is -0.752. The Kier molecular flexibility index (Phi) is 8.02. The van der Waals surface area contributed by atoms with Crippen molar-refractivity contribution in [1.82, 2.24) is 15.6 Å². The van der Waals surface area contributed by atoms with Crippen molar-refractivity contribution < 1.29 is 23.9 Å². The molecule has 2 heterocycles. The van der Waals surface area contributed by atoms with Crippen LogP contribution < -0.4 is 15.4 Å². The van der Waals surface area contributed by atoms with Crippen LogP contribution in [0.2, 0.25) is 5.02 Å². The van der Waals surface area contributed by atoms with E-state index in [1.54, 1.807) is 30.5 Å². The van der Waals surface area contributed by atoms with Gasteiger partial charge in [-0.3, -0.25) is 4.98 Å². The topological polar surface area (TPSA) is 107 Å². The van der Waals surface area contributed by atoms with E-state index in [4.69, 9.17) is 21.1 Å². The van der Waals surface area contributed by atoms with Crippen LogP contribution in [0.4, 0.5) is 4.79 Å². The third kappa shape index (κ3) is 6.00. The first-order chi connectivity index (χ1) is 17.0. The van der Waals surface area contributed by atoms with Gasteiger partial charge in [0.2, 0.25) is 0 Å². The third-order valence-electron chi connectivity index (χ3n) is 6.29. The highest BCUT2D eigenvalue weighted by molar-refractivity contribution is 6.32. The molecule has 184 valence electrons. The summed E-state index contributed by atoms with van der Waals surface area (Å²) in [7, 11) is 0. The average Bonchev–Trinajstić information content (AvgIpc) is 2.89. The summed E-state index contributed by atoms with van der Waals surface area (Å²) in [5.41, 5.74) is 1.72. The Hall–Kier alpha value is -3.39. The van der Waals surface area contributed by atoms with Gasteiger partial charge < -0.3 is 20.1 Å². The second-order valence-electron chi connectivity index (χ2n) is 8.70. The van der Waals surface area contributed by atoms with Gasteiger partial charge in [0.05, 0.1) is 28.8 Å². The summed E-state index contributed by atoms with van der Waals surface area (Å²) >= 11 is 6.42. The molecule has 2 aromatic rings. The van der Waals surface area contributed by atoms with Crippen molar-refractivity contribution in [2.45, 2.75) is 51.5 Å². The van der Waals surface area contributed by atoms with E-state index >= 15 is 0 Å². The normalized spacial score (nSPS) is 18.5. The second-order valence-corrected chi connectivity index (χ2v) is 9.11. The van der Waals surface area contributed by atoms with Crippen LogP contribution in [-0.2, 0) is 9.53 Å². The van der Waals surface area contributed by atoms with Crippen molar-refractivity contribution >= 4 is 29.6 Å². The predicted octanol–water partition coefficient (Wildman–Crippen LogP) is 5.10. The monoisotopic (exact) mass is 497 g/mol. The number of nitrogens with zero attached hydrogens (tertiary/aromatic N) is 1. The number of carbonyl (C=O) groups is 3. The molecule has 2 N–H and O–H groups in total. The van der Waals surface area contributed by atoms with E-state index in [0.717, 1.165) is 25.7 Å². The van der Waals surface area contributed by atoms with Crippen molar-refractivity contribution in [3.8, 4) is 5.75 Å². The Morgan fingerprint density at radius 3 is 2.63 bits per heavy atom. The molecule has 1 aliphatic carbocycles. The quantitative estimate of drug-likeness (QED) is 0.407. The van der Waals surface area contributed by atoms with E-state index in [-0.39, 0.29) is 16.3 Å². The molecule has 2 aliphatic rings. The Labute approximate surface area is 209 Å². The van der Waals surface area contributed by atoms with Gasteiger partial charge in [0, 0.05) is 18.1 Å². The molecular formula is C26H28ClN3O5. The largest absolute Gasteiger partial charge is 0.462 e. The van der Waals surface area contributed by atoms with Gasteiger partial charge in [0.1, 0.15) is 5.75 Å². The summed E-state index contributed by atoms with van der Waals surface area (Å²) in [4.78, 5) is 41.8. The van der Waals surface area contributed by atoms with E-state index in [1.165, 1.54) is 18.7 Å². The number of pyridine rings is 1. The van der Waals surface area contributed by atoms with Gasteiger partial charge >= 0.3 is 18.0 Å². The molecule has 1 saturated carbocycles. The number of benzene rings is 1. The molecule has 2 amide bonds. The number of allylic oxidation sites excluding steroid dienone is 1. The lowest BCUT2D eigenvalue weighted by Crippen LogP contribution is -2.46. The van der Waals surface area contributed by atoms with E-state index in [2.05, 4.69) is 15.6 Å². The van der Waals surface area contributed by atoms with E-state index < -0.39 is 24.0 Å². The summed E-state index contributed by atoms with van der Waals surface area (Å²) in [6, 6.07) is 6.83. The zero-order valence-corrected chi connectivity index (χ0v) is 20.3. The first-order valence-corrected chi connectivity index (χ1v) is 12.2. The Morgan fingerprint density at radius 2 is 1.94 bits per heavy atom. The van der Waals surface area contributed by atoms with Crippen LogP contribution in [0.25, 0.3) is 0 Å². The molecule has 1 atom stereocenters. The molecule has 0 saturated heterocycles. The number of hydrogen-bond donors (Lipinski definition) is 2. The fourth-order valence-corrected chi connectivity index (χ4v) is 4.66. The highest BCUT2D eigenvalue weighted by atomic mass is 35.5. The zero-order valence-electron chi connectivity index (χ0n) is 19.5. The van der Waals surface area contributed by atoms with E-state index in [1.807, 2.05) is 6.92 Å². The molecule has 4 rings (SSSR count). The summed E-state index contributed by atoms with van der Waals surface area (Å²) in [6.45, 7) is 2.23. The van der Waals surface area contributed by atoms with Crippen LogP contribution in [0, 0.1) is 5.92 Å². The molecule has 35 heavy (non-hydrogen) atoms. The summed E-state index contributed by atoms with van der Waals surface area (Å²) in [5, 5.41) is 5.69. The van der Waals surface area contributed by atoms with Gasteiger partial charge in [-0.1, -0.05) is 43.9 Å². The molecule has 0 radical (unpaired) electrons. The number of amides is 2. The van der Waals surface area contributed by atoms with E-state index in [0.29, 0.717) is 35.8 Å². The first kappa shape index (κ1) is 24.7. The van der Waals surface area contributed by atoms with Gasteiger partial charge in [-0.25, -0.2) is 14.4 Å². The van der Waals surface area contributed by atoms with Crippen molar-refractivity contribution in [2.75, 3.05) is 6.61 Å². The molecule has 1 aromatic carbocycles. The second kappa shape index (κ2) is 11.4. The predicted molar refractivity (Wildman–Crippen MR) is 130 cm³/mol. The van der Waals surface area contributed by atoms with Gasteiger partial charge in [0.25, 0.3) is 0 Å². The zero-order chi connectivity index (χ0) is 24.8. The number of aromatic nitrogens is 1. The molecule has 1 aliphatic heterocycles. The number of halogens is 1. The minimum absolute atomic E-state index is 0.158. The summed E-state index contributed by atoms with van der Waals surface area (Å²) in [6.07, 6.45) is 9.05. The summed E-state index contributed by atoms with van der Waals surface area (Å²) < 4.78 is 11.1. The number of esters is 2. The van der Waals surface area contributed by atoms with Crippen molar-refractivity contribution in [3.05, 3.63) is 70.1 Å². The standard InChI is InChI=1S/C26H28ClN3O5/c1-2-20-22(25(32)34-15-16-7-4-3-5-8-16)23(30-26(33)29-20)17-10-11-21(19(27)13-17)35-24(31)18-9-6-12-28-14-18/h6,9-14,16,23H,2-5,7-8,15H2,1H3,(H2,29,30,33)/t23-/m0/s1. The molecular weight excluding hydrogens is 470 g/mol. The molecule has 0 spiro atoms. The average molecular weight is 498 g/mol. The summed E-state index contributed by atoms with van der Waals surface area (Å²) in [5.74, 6) is -0.534. The molecule has 0 bridgehead atoms. The maximum absolute atomic E-state index is 13.2. The fourth-order valence-electron chi connectivity index (χ4n) is 4.43. The van der Waals surface area contributed by atoms with Crippen LogP contribution in [0.5, 0.6) is 5.75 Å². The molecule has 1 aromatic heterocycles. The van der Waals surface area contributed by atoms with E-state index in [9.17, 15) is 14.4 Å². The van der Waals surface area contributed by atoms with Gasteiger partial charge in [-0.15, -0.1) is 0 Å². The number of hydrogen-bond acceptors (Lipinski definition) is 6. The molecule has 1 fully saturated rings. The smallest absolute Gasteiger partial charge is 0.345 e. The van der Waals surface area contributed by atoms with Crippen LogP contribution in [0.1, 0.15) is 67.4 Å². The van der Waals surface area contributed by atoms with Crippen molar-refractivity contribution in [3.63, 3.8) is 0 Å². The maximum atomic E-state index is 13.2. The van der Waals surface area contributed by atoms with Crippen LogP contribution in [0.3, 0.4) is 0 Å². The Balaban J connectivity index is 1.54. The van der Waals surface area contributed by atoms with Gasteiger partial charge in [-0.2, -0.15) is 0 Å². The maximum Gasteiger partial charge on any atom is 0.345 e. The Morgan fingerprint density at radius 1 is 1.14 bits per heavy atom. The molecule has 0 unspecified atom stereocenters. The minimum Gasteiger partial charge on any atom is -0.462 e. The van der Waals surface area contributed by atoms with Gasteiger partial charge in [0.15, 0.2) is 0 Å². The van der Waals surface area contributed by atoms with Crippen LogP contribution in [-0.4, -0.2) is 29.6 Å². The lowest BCUT2D eigenvalue weighted by atomic mass is 9.90. The van der Waals surface area contributed by atoms with Crippen molar-refractivity contribution in [2.24, 2.45) is 5.92 Å². The number of ether oxygens (including phenoxy) is 2. The lowest BCUT2D eigenvalue weighted by Gasteiger charge is -2.30. The van der Waals surface area contributed by atoms with Crippen LogP contribution >= 0.6 is 11.6 Å². The molecule has 9 heteroatoms. The highest BCUT2D eigenvalue weighted by Gasteiger charge is 2.34. The lowest BCUT2D eigenvalue weighted by molar-refractivity contribution is -0.141. The first-order valence-electron chi connectivity index (χ1n) is 11.9. The third-order valence-corrected chi connectivity index (χ3v) is 6.59. The highest BCUT2D eigenvalue weighted by Crippen LogP contribution is 2.34. The SMILES string of the molecule is CCC1=C(C(=O)OCC2CCCCC2)[C@H](c2ccc(OC(=O)c3cccnc3)c(Cl)c2)NC(=O)N1. The molecule has 8 nitrogen and oxygen atoms in total. The Bertz CT molecular complexity index is 1130. The number of carbonyl (C=O) groups excluding carboxylic acids is 3. The fraction of sp³-hybridized carbons (Fsp3) is 0.385. The van der Waals surface area contributed by atoms with Gasteiger partial charge in [-0.05, 0) is 55.0 Å². The number of rotatable bonds is 7.